The van der Waals surface area contributed by atoms with Crippen LogP contribution in [0.15, 0.2) is 30.3 Å². The fourth-order valence-electron chi connectivity index (χ4n) is 1.55. The SMILES string of the molecule is O=C(O)n1c(CO)cc2ccccc21. The van der Waals surface area contributed by atoms with Crippen molar-refractivity contribution in [2.75, 3.05) is 0 Å². The zero-order valence-corrected chi connectivity index (χ0v) is 7.34. The summed E-state index contributed by atoms with van der Waals surface area (Å²) in [4.78, 5) is 10.9. The van der Waals surface area contributed by atoms with Gasteiger partial charge in [0.1, 0.15) is 0 Å². The topological polar surface area (TPSA) is 62.5 Å². The van der Waals surface area contributed by atoms with Gasteiger partial charge in [-0.3, -0.25) is 0 Å². The minimum Gasteiger partial charge on any atom is -0.464 e. The average Bonchev–Trinajstić information content (AvgIpc) is 2.55. The van der Waals surface area contributed by atoms with Crippen molar-refractivity contribution in [3.8, 4) is 0 Å². The molecule has 0 saturated heterocycles. The number of rotatable bonds is 1. The number of carboxylic acid groups (broad SMARTS) is 1. The monoisotopic (exact) mass is 191 g/mol. The van der Waals surface area contributed by atoms with Gasteiger partial charge in [-0.05, 0) is 12.1 Å². The van der Waals surface area contributed by atoms with Crippen LogP contribution in [0.1, 0.15) is 5.69 Å². The molecule has 0 bridgehead atoms. The lowest BCUT2D eigenvalue weighted by Gasteiger charge is -2.01. The second-order valence-corrected chi connectivity index (χ2v) is 2.97. The highest BCUT2D eigenvalue weighted by atomic mass is 16.4. The van der Waals surface area contributed by atoms with Crippen LogP contribution in [0.3, 0.4) is 0 Å². The quantitative estimate of drug-likeness (QED) is 0.720. The van der Waals surface area contributed by atoms with Crippen LogP contribution in [0.2, 0.25) is 0 Å². The standard InChI is InChI=1S/C10H9NO3/c12-6-8-5-7-3-1-2-4-9(7)11(8)10(13)14/h1-5,12H,6H2,(H,13,14). The fraction of sp³-hybridized carbons (Fsp3) is 0.100. The molecule has 4 nitrogen and oxygen atoms in total. The maximum absolute atomic E-state index is 10.9. The Bertz CT molecular complexity index is 487. The van der Waals surface area contributed by atoms with E-state index in [1.807, 2.05) is 12.1 Å². The third kappa shape index (κ3) is 1.16. The summed E-state index contributed by atoms with van der Waals surface area (Å²) in [7, 11) is 0. The number of nitrogens with zero attached hydrogens (tertiary/aromatic N) is 1. The summed E-state index contributed by atoms with van der Waals surface area (Å²) in [6, 6.07) is 8.79. The summed E-state index contributed by atoms with van der Waals surface area (Å²) in [6.07, 6.45) is -1.07. The summed E-state index contributed by atoms with van der Waals surface area (Å²) in [5, 5.41) is 18.7. The number of aliphatic hydroxyl groups is 1. The third-order valence-electron chi connectivity index (χ3n) is 2.14. The van der Waals surface area contributed by atoms with Crippen molar-refractivity contribution in [1.29, 1.82) is 0 Å². The van der Waals surface area contributed by atoms with E-state index in [1.54, 1.807) is 18.2 Å². The van der Waals surface area contributed by atoms with Gasteiger partial charge in [0, 0.05) is 5.39 Å². The fourth-order valence-corrected chi connectivity index (χ4v) is 1.55. The first-order valence-electron chi connectivity index (χ1n) is 4.17. The van der Waals surface area contributed by atoms with Crippen LogP contribution in [0.25, 0.3) is 10.9 Å². The zero-order chi connectivity index (χ0) is 10.1. The van der Waals surface area contributed by atoms with Gasteiger partial charge in [-0.2, -0.15) is 0 Å². The van der Waals surface area contributed by atoms with Crippen molar-refractivity contribution < 1.29 is 15.0 Å². The Morgan fingerprint density at radius 1 is 1.36 bits per heavy atom. The molecule has 0 radical (unpaired) electrons. The van der Waals surface area contributed by atoms with Gasteiger partial charge in [0.05, 0.1) is 17.8 Å². The molecule has 0 aliphatic carbocycles. The molecule has 1 aromatic carbocycles. The summed E-state index contributed by atoms with van der Waals surface area (Å²) in [5.41, 5.74) is 0.989. The Kier molecular flexibility index (Phi) is 1.98. The molecule has 14 heavy (non-hydrogen) atoms. The summed E-state index contributed by atoms with van der Waals surface area (Å²) in [5.74, 6) is 0. The van der Waals surface area contributed by atoms with Crippen molar-refractivity contribution in [2.45, 2.75) is 6.61 Å². The number of benzene rings is 1. The molecule has 4 heteroatoms. The number of aliphatic hydroxyl groups excluding tert-OH is 1. The lowest BCUT2D eigenvalue weighted by molar-refractivity contribution is 0.193. The molecule has 1 heterocycles. The molecule has 0 aliphatic heterocycles. The first-order chi connectivity index (χ1) is 6.74. The van der Waals surface area contributed by atoms with E-state index in [4.69, 9.17) is 10.2 Å². The van der Waals surface area contributed by atoms with Crippen molar-refractivity contribution in [3.05, 3.63) is 36.0 Å². The van der Waals surface area contributed by atoms with Gasteiger partial charge in [0.25, 0.3) is 0 Å². The molecule has 0 amide bonds. The van der Waals surface area contributed by atoms with Crippen LogP contribution in [0, 0.1) is 0 Å². The average molecular weight is 191 g/mol. The molecule has 1 aromatic heterocycles. The predicted octanol–water partition coefficient (Wildman–Crippen LogP) is 1.66. The van der Waals surface area contributed by atoms with Crippen LogP contribution in [0.5, 0.6) is 0 Å². The van der Waals surface area contributed by atoms with E-state index < -0.39 is 6.09 Å². The molecule has 0 saturated carbocycles. The van der Waals surface area contributed by atoms with Gasteiger partial charge in [-0.25, -0.2) is 9.36 Å². The molecule has 0 atom stereocenters. The van der Waals surface area contributed by atoms with Crippen molar-refractivity contribution in [2.24, 2.45) is 0 Å². The lowest BCUT2D eigenvalue weighted by Crippen LogP contribution is -2.10. The first-order valence-corrected chi connectivity index (χ1v) is 4.17. The van der Waals surface area contributed by atoms with E-state index in [-0.39, 0.29) is 6.61 Å². The number of para-hydroxylation sites is 1. The Balaban J connectivity index is 2.81. The van der Waals surface area contributed by atoms with Crippen LogP contribution in [-0.2, 0) is 6.61 Å². The normalized spacial score (nSPS) is 10.6. The highest BCUT2D eigenvalue weighted by molar-refractivity contribution is 5.90. The van der Waals surface area contributed by atoms with Gasteiger partial charge < -0.3 is 10.2 Å². The molecule has 72 valence electrons. The second kappa shape index (κ2) is 3.16. The van der Waals surface area contributed by atoms with Gasteiger partial charge in [0.2, 0.25) is 0 Å². The van der Waals surface area contributed by atoms with Gasteiger partial charge in [0.15, 0.2) is 0 Å². The van der Waals surface area contributed by atoms with E-state index >= 15 is 0 Å². The molecule has 0 unspecified atom stereocenters. The smallest absolute Gasteiger partial charge is 0.416 e. The number of hydrogen-bond acceptors (Lipinski definition) is 2. The Labute approximate surface area is 80.0 Å². The summed E-state index contributed by atoms with van der Waals surface area (Å²) in [6.45, 7) is -0.277. The first kappa shape index (κ1) is 8.77. The van der Waals surface area contributed by atoms with Crippen molar-refractivity contribution in [3.63, 3.8) is 0 Å². The second-order valence-electron chi connectivity index (χ2n) is 2.97. The van der Waals surface area contributed by atoms with E-state index in [2.05, 4.69) is 0 Å². The summed E-state index contributed by atoms with van der Waals surface area (Å²) >= 11 is 0. The lowest BCUT2D eigenvalue weighted by atomic mass is 10.2. The third-order valence-corrected chi connectivity index (χ3v) is 2.14. The maximum Gasteiger partial charge on any atom is 0.416 e. The number of fused-ring (bicyclic) bond motifs is 1. The minimum atomic E-state index is -1.07. The molecule has 2 aromatic rings. The minimum absolute atomic E-state index is 0.277. The van der Waals surface area contributed by atoms with Crippen LogP contribution < -0.4 is 0 Å². The van der Waals surface area contributed by atoms with Crippen molar-refractivity contribution in [1.82, 2.24) is 4.57 Å². The Morgan fingerprint density at radius 2 is 2.07 bits per heavy atom. The van der Waals surface area contributed by atoms with Crippen LogP contribution in [-0.4, -0.2) is 20.9 Å². The number of aromatic nitrogens is 1. The Morgan fingerprint density at radius 3 is 2.71 bits per heavy atom. The Hall–Kier alpha value is -1.81. The molecule has 0 spiro atoms. The highest BCUT2D eigenvalue weighted by Gasteiger charge is 2.12. The highest BCUT2D eigenvalue weighted by Crippen LogP contribution is 2.19. The molecular formula is C10H9NO3. The molecule has 0 aliphatic rings. The molecule has 0 fully saturated rings. The molecule has 2 N–H and O–H groups in total. The molecular weight excluding hydrogens is 182 g/mol. The van der Waals surface area contributed by atoms with E-state index in [0.29, 0.717) is 11.2 Å². The number of hydrogen-bond donors (Lipinski definition) is 2. The predicted molar refractivity (Wildman–Crippen MR) is 51.3 cm³/mol. The molecule has 2 rings (SSSR count). The zero-order valence-electron chi connectivity index (χ0n) is 7.34. The van der Waals surface area contributed by atoms with Crippen molar-refractivity contribution >= 4 is 17.0 Å². The van der Waals surface area contributed by atoms with Gasteiger partial charge in [-0.1, -0.05) is 18.2 Å². The van der Waals surface area contributed by atoms with Gasteiger partial charge in [-0.15, -0.1) is 0 Å². The maximum atomic E-state index is 10.9. The van der Waals surface area contributed by atoms with E-state index in [0.717, 1.165) is 9.95 Å². The number of carbonyl (C=O) groups is 1. The van der Waals surface area contributed by atoms with Crippen LogP contribution >= 0.6 is 0 Å². The largest absolute Gasteiger partial charge is 0.464 e. The van der Waals surface area contributed by atoms with Gasteiger partial charge >= 0.3 is 6.09 Å². The van der Waals surface area contributed by atoms with E-state index in [9.17, 15) is 4.79 Å². The summed E-state index contributed by atoms with van der Waals surface area (Å²) < 4.78 is 1.09. The van der Waals surface area contributed by atoms with E-state index in [1.165, 1.54) is 0 Å². The van der Waals surface area contributed by atoms with Crippen LogP contribution in [0.4, 0.5) is 4.79 Å².